The SMILES string of the molecule is CCOC(=O)C(CC)Oc1cc(F)ccc1C(C)=O. The Morgan fingerprint density at radius 3 is 2.53 bits per heavy atom. The minimum atomic E-state index is -0.847. The molecule has 0 aliphatic rings. The molecule has 0 saturated heterocycles. The van der Waals surface area contributed by atoms with Crippen molar-refractivity contribution in [2.24, 2.45) is 0 Å². The molecule has 0 N–H and O–H groups in total. The Kier molecular flexibility index (Phi) is 5.48. The summed E-state index contributed by atoms with van der Waals surface area (Å²) >= 11 is 0. The lowest BCUT2D eigenvalue weighted by molar-refractivity contribution is -0.151. The number of carbonyl (C=O) groups excluding carboxylic acids is 2. The lowest BCUT2D eigenvalue weighted by Crippen LogP contribution is -2.29. The van der Waals surface area contributed by atoms with Crippen LogP contribution in [0.15, 0.2) is 18.2 Å². The zero-order chi connectivity index (χ0) is 14.4. The minimum Gasteiger partial charge on any atom is -0.478 e. The first-order valence-corrected chi connectivity index (χ1v) is 6.13. The van der Waals surface area contributed by atoms with E-state index in [0.717, 1.165) is 6.07 Å². The van der Waals surface area contributed by atoms with Crippen LogP contribution in [0.25, 0.3) is 0 Å². The van der Waals surface area contributed by atoms with E-state index in [1.54, 1.807) is 13.8 Å². The Hall–Kier alpha value is -1.91. The maximum atomic E-state index is 13.2. The number of benzene rings is 1. The van der Waals surface area contributed by atoms with Crippen LogP contribution in [0, 0.1) is 5.82 Å². The van der Waals surface area contributed by atoms with Crippen LogP contribution in [0.1, 0.15) is 37.6 Å². The Morgan fingerprint density at radius 1 is 1.32 bits per heavy atom. The third-order valence-electron chi connectivity index (χ3n) is 2.51. The fourth-order valence-electron chi connectivity index (χ4n) is 1.57. The van der Waals surface area contributed by atoms with Gasteiger partial charge in [-0.25, -0.2) is 9.18 Å². The van der Waals surface area contributed by atoms with Crippen LogP contribution in [-0.2, 0) is 9.53 Å². The van der Waals surface area contributed by atoms with Gasteiger partial charge in [-0.15, -0.1) is 0 Å². The predicted octanol–water partition coefficient (Wildman–Crippen LogP) is 2.75. The summed E-state index contributed by atoms with van der Waals surface area (Å²) in [5.41, 5.74) is 0.240. The first kappa shape index (κ1) is 15.1. The summed E-state index contributed by atoms with van der Waals surface area (Å²) in [4.78, 5) is 23.0. The molecule has 1 unspecified atom stereocenters. The van der Waals surface area contributed by atoms with E-state index in [2.05, 4.69) is 0 Å². The number of carbonyl (C=O) groups is 2. The van der Waals surface area contributed by atoms with Gasteiger partial charge >= 0.3 is 5.97 Å². The van der Waals surface area contributed by atoms with E-state index in [1.807, 2.05) is 0 Å². The normalized spacial score (nSPS) is 11.8. The monoisotopic (exact) mass is 268 g/mol. The van der Waals surface area contributed by atoms with Gasteiger partial charge in [-0.3, -0.25) is 4.79 Å². The molecule has 104 valence electrons. The lowest BCUT2D eigenvalue weighted by Gasteiger charge is -2.17. The van der Waals surface area contributed by atoms with E-state index in [0.29, 0.717) is 6.42 Å². The second kappa shape index (κ2) is 6.87. The number of Topliss-reactive ketones (excluding diaryl/α,β-unsaturated/α-hetero) is 1. The van der Waals surface area contributed by atoms with Gasteiger partial charge in [0, 0.05) is 6.07 Å². The predicted molar refractivity (Wildman–Crippen MR) is 67.7 cm³/mol. The summed E-state index contributed by atoms with van der Waals surface area (Å²) in [5.74, 6) is -1.25. The highest BCUT2D eigenvalue weighted by Crippen LogP contribution is 2.22. The number of ether oxygens (including phenoxy) is 2. The van der Waals surface area contributed by atoms with Crippen molar-refractivity contribution in [2.75, 3.05) is 6.61 Å². The van der Waals surface area contributed by atoms with Crippen LogP contribution in [0.5, 0.6) is 5.75 Å². The molecule has 0 bridgehead atoms. The maximum absolute atomic E-state index is 13.2. The zero-order valence-corrected chi connectivity index (χ0v) is 11.2. The van der Waals surface area contributed by atoms with Crippen molar-refractivity contribution < 1.29 is 23.5 Å². The van der Waals surface area contributed by atoms with Crippen molar-refractivity contribution in [3.63, 3.8) is 0 Å². The van der Waals surface area contributed by atoms with Crippen molar-refractivity contribution in [3.8, 4) is 5.75 Å². The van der Waals surface area contributed by atoms with E-state index < -0.39 is 17.9 Å². The summed E-state index contributed by atoms with van der Waals surface area (Å²) < 4.78 is 23.5. The highest BCUT2D eigenvalue weighted by molar-refractivity contribution is 5.96. The van der Waals surface area contributed by atoms with Crippen molar-refractivity contribution in [1.29, 1.82) is 0 Å². The fourth-order valence-corrected chi connectivity index (χ4v) is 1.57. The first-order valence-electron chi connectivity index (χ1n) is 6.13. The third kappa shape index (κ3) is 4.05. The minimum absolute atomic E-state index is 0.0624. The molecule has 1 aromatic rings. The number of halogens is 1. The third-order valence-corrected chi connectivity index (χ3v) is 2.51. The molecule has 0 saturated carbocycles. The van der Waals surface area contributed by atoms with Gasteiger partial charge in [-0.2, -0.15) is 0 Å². The van der Waals surface area contributed by atoms with E-state index in [4.69, 9.17) is 9.47 Å². The number of hydrogen-bond donors (Lipinski definition) is 0. The molecular weight excluding hydrogens is 251 g/mol. The fraction of sp³-hybridized carbons (Fsp3) is 0.429. The summed E-state index contributed by atoms with van der Waals surface area (Å²) in [6.07, 6.45) is -0.480. The molecule has 1 atom stereocenters. The quantitative estimate of drug-likeness (QED) is 0.588. The van der Waals surface area contributed by atoms with E-state index in [-0.39, 0.29) is 23.7 Å². The van der Waals surface area contributed by atoms with Crippen LogP contribution >= 0.6 is 0 Å². The van der Waals surface area contributed by atoms with Gasteiger partial charge in [0.1, 0.15) is 11.6 Å². The number of ketones is 1. The molecule has 0 aromatic heterocycles. The van der Waals surface area contributed by atoms with Crippen molar-refractivity contribution in [2.45, 2.75) is 33.3 Å². The molecule has 4 nitrogen and oxygen atoms in total. The Labute approximate surface area is 111 Å². The first-order chi connectivity index (χ1) is 8.99. The summed E-state index contributed by atoms with van der Waals surface area (Å²) in [5, 5.41) is 0. The van der Waals surface area contributed by atoms with Gasteiger partial charge < -0.3 is 9.47 Å². The second-order valence-electron chi connectivity index (χ2n) is 3.96. The second-order valence-corrected chi connectivity index (χ2v) is 3.96. The summed E-state index contributed by atoms with van der Waals surface area (Å²) in [6.45, 7) is 5.02. The average molecular weight is 268 g/mol. The largest absolute Gasteiger partial charge is 0.478 e. The van der Waals surface area contributed by atoms with Crippen LogP contribution in [0.2, 0.25) is 0 Å². The van der Waals surface area contributed by atoms with Crippen molar-refractivity contribution in [1.82, 2.24) is 0 Å². The lowest BCUT2D eigenvalue weighted by atomic mass is 10.1. The molecule has 0 aliphatic carbocycles. The van der Waals surface area contributed by atoms with Gasteiger partial charge in [-0.05, 0) is 32.4 Å². The molecule has 0 spiro atoms. The highest BCUT2D eigenvalue weighted by Gasteiger charge is 2.22. The van der Waals surface area contributed by atoms with Crippen LogP contribution in [0.3, 0.4) is 0 Å². The van der Waals surface area contributed by atoms with E-state index >= 15 is 0 Å². The van der Waals surface area contributed by atoms with Gasteiger partial charge in [0.2, 0.25) is 0 Å². The average Bonchev–Trinajstić information content (AvgIpc) is 2.35. The summed E-state index contributed by atoms with van der Waals surface area (Å²) in [7, 11) is 0. The molecule has 0 heterocycles. The molecule has 0 amide bonds. The van der Waals surface area contributed by atoms with Gasteiger partial charge in [0.15, 0.2) is 11.9 Å². The number of rotatable bonds is 6. The van der Waals surface area contributed by atoms with E-state index in [9.17, 15) is 14.0 Å². The van der Waals surface area contributed by atoms with Crippen molar-refractivity contribution >= 4 is 11.8 Å². The molecular formula is C14H17FO4. The van der Waals surface area contributed by atoms with Crippen LogP contribution in [0.4, 0.5) is 4.39 Å². The van der Waals surface area contributed by atoms with Crippen molar-refractivity contribution in [3.05, 3.63) is 29.6 Å². The van der Waals surface area contributed by atoms with E-state index in [1.165, 1.54) is 19.1 Å². The Bertz CT molecular complexity index is 471. The van der Waals surface area contributed by atoms with Gasteiger partial charge in [-0.1, -0.05) is 6.92 Å². The Morgan fingerprint density at radius 2 is 2.00 bits per heavy atom. The number of esters is 1. The topological polar surface area (TPSA) is 52.6 Å². The Balaban J connectivity index is 2.99. The number of hydrogen-bond acceptors (Lipinski definition) is 4. The molecule has 1 aromatic carbocycles. The molecule has 0 fully saturated rings. The molecule has 19 heavy (non-hydrogen) atoms. The van der Waals surface area contributed by atoms with Crippen LogP contribution < -0.4 is 4.74 Å². The van der Waals surface area contributed by atoms with Gasteiger partial charge in [0.25, 0.3) is 0 Å². The molecule has 5 heteroatoms. The smallest absolute Gasteiger partial charge is 0.347 e. The molecule has 0 radical (unpaired) electrons. The standard InChI is InChI=1S/C14H17FO4/c1-4-12(14(17)18-5-2)19-13-8-10(15)6-7-11(13)9(3)16/h6-8,12H,4-5H2,1-3H3. The molecule has 0 aliphatic heterocycles. The molecule has 1 rings (SSSR count). The highest BCUT2D eigenvalue weighted by atomic mass is 19.1. The summed E-state index contributed by atoms with van der Waals surface area (Å²) in [6, 6.07) is 3.61. The van der Waals surface area contributed by atoms with Gasteiger partial charge in [0.05, 0.1) is 12.2 Å². The maximum Gasteiger partial charge on any atom is 0.347 e. The van der Waals surface area contributed by atoms with Crippen LogP contribution in [-0.4, -0.2) is 24.5 Å². The zero-order valence-electron chi connectivity index (χ0n) is 11.2.